The van der Waals surface area contributed by atoms with E-state index in [1.807, 2.05) is 19.9 Å². The van der Waals surface area contributed by atoms with Gasteiger partial charge in [0.2, 0.25) is 0 Å². The van der Waals surface area contributed by atoms with Gasteiger partial charge < -0.3 is 15.4 Å². The van der Waals surface area contributed by atoms with Crippen molar-refractivity contribution < 1.29 is 14.2 Å². The van der Waals surface area contributed by atoms with E-state index >= 15 is 0 Å². The Balaban J connectivity index is 1.80. The molecule has 0 aliphatic carbocycles. The molecule has 7 nitrogen and oxygen atoms in total. The Hall–Kier alpha value is -2.28. The highest BCUT2D eigenvalue weighted by atomic mass is 35.5. The van der Waals surface area contributed by atoms with Crippen LogP contribution in [-0.2, 0) is 0 Å². The molecule has 0 radical (unpaired) electrons. The zero-order chi connectivity index (χ0) is 16.1. The Kier molecular flexibility index (Phi) is 5.21. The van der Waals surface area contributed by atoms with Gasteiger partial charge in [-0.15, -0.1) is 0 Å². The van der Waals surface area contributed by atoms with Gasteiger partial charge >= 0.3 is 6.03 Å². The molecule has 0 aliphatic heterocycles. The summed E-state index contributed by atoms with van der Waals surface area (Å²) in [6, 6.07) is 3.39. The Morgan fingerprint density at radius 3 is 2.73 bits per heavy atom. The second kappa shape index (κ2) is 7.13. The first-order chi connectivity index (χ1) is 10.5. The smallest absolute Gasteiger partial charge is 0.319 e. The van der Waals surface area contributed by atoms with Crippen LogP contribution in [0.3, 0.4) is 0 Å². The number of ether oxygens (including phenoxy) is 1. The predicted octanol–water partition coefficient (Wildman–Crippen LogP) is 2.85. The van der Waals surface area contributed by atoms with Gasteiger partial charge in [-0.2, -0.15) is 0 Å². The van der Waals surface area contributed by atoms with E-state index < -0.39 is 0 Å². The highest BCUT2D eigenvalue weighted by Gasteiger charge is 2.10. The summed E-state index contributed by atoms with van der Waals surface area (Å²) in [5, 5.41) is 13.1. The van der Waals surface area contributed by atoms with Gasteiger partial charge in [-0.25, -0.2) is 9.42 Å². The summed E-state index contributed by atoms with van der Waals surface area (Å²) in [4.78, 5) is 11.8. The van der Waals surface area contributed by atoms with Gasteiger partial charge in [0.15, 0.2) is 0 Å². The Morgan fingerprint density at radius 2 is 2.09 bits per heavy atom. The van der Waals surface area contributed by atoms with Crippen molar-refractivity contribution in [1.29, 1.82) is 0 Å². The summed E-state index contributed by atoms with van der Waals surface area (Å²) < 4.78 is 9.80. The SMILES string of the molecule is Cc1cc(C)c(NC(=O)NCCOc2nonc2C)c(Cl)c1. The summed E-state index contributed by atoms with van der Waals surface area (Å²) in [7, 11) is 0. The molecule has 0 saturated heterocycles. The molecule has 1 aromatic carbocycles. The van der Waals surface area contributed by atoms with Crippen molar-refractivity contribution in [2.75, 3.05) is 18.5 Å². The minimum absolute atomic E-state index is 0.253. The van der Waals surface area contributed by atoms with Crippen LogP contribution in [0.5, 0.6) is 5.88 Å². The normalized spacial score (nSPS) is 10.4. The van der Waals surface area contributed by atoms with Crippen LogP contribution in [0.1, 0.15) is 16.8 Å². The van der Waals surface area contributed by atoms with Crippen molar-refractivity contribution in [3.8, 4) is 5.88 Å². The molecule has 2 amide bonds. The molecule has 118 valence electrons. The van der Waals surface area contributed by atoms with Crippen molar-refractivity contribution >= 4 is 23.3 Å². The fourth-order valence-electron chi connectivity index (χ4n) is 1.90. The minimum Gasteiger partial charge on any atom is -0.472 e. The quantitative estimate of drug-likeness (QED) is 0.825. The molecule has 0 aliphatic rings. The third-order valence-corrected chi connectivity index (χ3v) is 3.21. The van der Waals surface area contributed by atoms with Crippen LogP contribution in [0.2, 0.25) is 5.02 Å². The fraction of sp³-hybridized carbons (Fsp3) is 0.357. The summed E-state index contributed by atoms with van der Waals surface area (Å²) >= 11 is 6.13. The molecule has 0 spiro atoms. The number of nitrogens with zero attached hydrogens (tertiary/aromatic N) is 2. The number of aromatic nitrogens is 2. The maximum Gasteiger partial charge on any atom is 0.319 e. The Bertz CT molecular complexity index is 649. The number of hydrogen-bond donors (Lipinski definition) is 2. The van der Waals surface area contributed by atoms with Crippen LogP contribution < -0.4 is 15.4 Å². The first-order valence-electron chi connectivity index (χ1n) is 6.71. The maximum atomic E-state index is 11.8. The predicted molar refractivity (Wildman–Crippen MR) is 82.5 cm³/mol. The van der Waals surface area contributed by atoms with E-state index in [2.05, 4.69) is 25.6 Å². The number of anilines is 1. The minimum atomic E-state index is -0.354. The number of aryl methyl sites for hydroxylation is 3. The number of halogens is 1. The molecule has 0 saturated carbocycles. The number of rotatable bonds is 5. The molecule has 0 atom stereocenters. The summed E-state index contributed by atoms with van der Waals surface area (Å²) in [6.45, 7) is 6.11. The molecular weight excluding hydrogens is 308 g/mol. The number of nitrogens with one attached hydrogen (secondary N) is 2. The molecule has 2 N–H and O–H groups in total. The third kappa shape index (κ3) is 4.11. The summed E-state index contributed by atoms with van der Waals surface area (Å²) in [5.41, 5.74) is 3.10. The van der Waals surface area contributed by atoms with Crippen molar-refractivity contribution in [2.45, 2.75) is 20.8 Å². The number of benzene rings is 1. The summed E-state index contributed by atoms with van der Waals surface area (Å²) in [5.74, 6) is 0.319. The van der Waals surface area contributed by atoms with E-state index in [1.54, 1.807) is 13.0 Å². The maximum absolute atomic E-state index is 11.8. The molecule has 0 unspecified atom stereocenters. The lowest BCUT2D eigenvalue weighted by Gasteiger charge is -2.12. The number of hydrogen-bond acceptors (Lipinski definition) is 5. The van der Waals surface area contributed by atoms with E-state index in [4.69, 9.17) is 16.3 Å². The molecule has 1 heterocycles. The zero-order valence-electron chi connectivity index (χ0n) is 12.6. The van der Waals surface area contributed by atoms with Crippen molar-refractivity contribution in [3.63, 3.8) is 0 Å². The largest absolute Gasteiger partial charge is 0.472 e. The van der Waals surface area contributed by atoms with Crippen LogP contribution in [0.25, 0.3) is 0 Å². The van der Waals surface area contributed by atoms with Crippen LogP contribution in [0.15, 0.2) is 16.8 Å². The monoisotopic (exact) mass is 324 g/mol. The van der Waals surface area contributed by atoms with Gasteiger partial charge in [0.25, 0.3) is 5.88 Å². The first-order valence-corrected chi connectivity index (χ1v) is 7.08. The lowest BCUT2D eigenvalue weighted by atomic mass is 10.1. The van der Waals surface area contributed by atoms with Crippen molar-refractivity contribution in [3.05, 3.63) is 34.0 Å². The van der Waals surface area contributed by atoms with E-state index in [1.165, 1.54) is 0 Å². The van der Waals surface area contributed by atoms with Gasteiger partial charge in [-0.05, 0) is 43.1 Å². The van der Waals surface area contributed by atoms with Crippen LogP contribution >= 0.6 is 11.6 Å². The van der Waals surface area contributed by atoms with Crippen LogP contribution in [0, 0.1) is 20.8 Å². The molecule has 8 heteroatoms. The van der Waals surface area contributed by atoms with Gasteiger partial charge in [-0.3, -0.25) is 0 Å². The van der Waals surface area contributed by atoms with Crippen molar-refractivity contribution in [1.82, 2.24) is 15.6 Å². The van der Waals surface area contributed by atoms with Crippen LogP contribution in [0.4, 0.5) is 10.5 Å². The average Bonchev–Trinajstić information content (AvgIpc) is 2.84. The second-order valence-electron chi connectivity index (χ2n) is 4.82. The molecule has 22 heavy (non-hydrogen) atoms. The lowest BCUT2D eigenvalue weighted by molar-refractivity contribution is 0.240. The molecule has 2 rings (SSSR count). The van der Waals surface area contributed by atoms with E-state index in [-0.39, 0.29) is 12.6 Å². The van der Waals surface area contributed by atoms with Gasteiger partial charge in [0.05, 0.1) is 17.3 Å². The average molecular weight is 325 g/mol. The highest BCUT2D eigenvalue weighted by Crippen LogP contribution is 2.27. The number of urea groups is 1. The topological polar surface area (TPSA) is 89.3 Å². The molecule has 0 bridgehead atoms. The molecule has 2 aromatic rings. The van der Waals surface area contributed by atoms with Crippen LogP contribution in [-0.4, -0.2) is 29.5 Å². The molecular formula is C14H17ClN4O3. The van der Waals surface area contributed by atoms with Gasteiger partial charge in [-0.1, -0.05) is 22.8 Å². The molecule has 0 fully saturated rings. The van der Waals surface area contributed by atoms with E-state index in [0.29, 0.717) is 28.8 Å². The molecule has 1 aromatic heterocycles. The third-order valence-electron chi connectivity index (χ3n) is 2.91. The number of carbonyl (C=O) groups excluding carboxylic acids is 1. The summed E-state index contributed by atoms with van der Waals surface area (Å²) in [6.07, 6.45) is 0. The highest BCUT2D eigenvalue weighted by molar-refractivity contribution is 6.34. The zero-order valence-corrected chi connectivity index (χ0v) is 13.3. The fourth-order valence-corrected chi connectivity index (χ4v) is 2.27. The standard InChI is InChI=1S/C14H17ClN4O3/c1-8-6-9(2)12(11(15)7-8)17-14(20)16-4-5-21-13-10(3)18-22-19-13/h6-7H,4-5H2,1-3H3,(H2,16,17,20). The number of carbonyl (C=O) groups is 1. The second-order valence-corrected chi connectivity index (χ2v) is 5.23. The first kappa shape index (κ1) is 16.1. The Labute approximate surface area is 132 Å². The van der Waals surface area contributed by atoms with Gasteiger partial charge in [0.1, 0.15) is 12.3 Å². The van der Waals surface area contributed by atoms with Gasteiger partial charge in [0, 0.05) is 0 Å². The van der Waals surface area contributed by atoms with E-state index in [0.717, 1.165) is 11.1 Å². The Morgan fingerprint density at radius 1 is 1.32 bits per heavy atom. The number of amides is 2. The lowest BCUT2D eigenvalue weighted by Crippen LogP contribution is -2.32. The van der Waals surface area contributed by atoms with Crippen molar-refractivity contribution in [2.24, 2.45) is 0 Å². The van der Waals surface area contributed by atoms with E-state index in [9.17, 15) is 4.79 Å².